The Kier molecular flexibility index (Phi) is 6.29. The Labute approximate surface area is 136 Å². The molecule has 6 heteroatoms. The second-order valence-electron chi connectivity index (χ2n) is 5.71. The van der Waals surface area contributed by atoms with Crippen LogP contribution in [-0.2, 0) is 4.79 Å². The number of hydrogen-bond acceptors (Lipinski definition) is 5. The molecular formula is C17H24N4O2. The van der Waals surface area contributed by atoms with E-state index >= 15 is 0 Å². The molecule has 23 heavy (non-hydrogen) atoms. The van der Waals surface area contributed by atoms with Crippen LogP contribution in [0.3, 0.4) is 0 Å². The van der Waals surface area contributed by atoms with Gasteiger partial charge in [-0.1, -0.05) is 35.3 Å². The number of amides is 1. The molecule has 2 aromatic rings. The second kappa shape index (κ2) is 8.43. The molecule has 0 radical (unpaired) electrons. The van der Waals surface area contributed by atoms with Crippen molar-refractivity contribution in [2.75, 3.05) is 6.54 Å². The summed E-state index contributed by atoms with van der Waals surface area (Å²) in [6.45, 7) is 4.52. The van der Waals surface area contributed by atoms with Crippen LogP contribution in [0.1, 0.15) is 50.1 Å². The van der Waals surface area contributed by atoms with E-state index in [4.69, 9.17) is 10.3 Å². The number of aryl methyl sites for hydroxylation is 1. The van der Waals surface area contributed by atoms with Crippen LogP contribution >= 0.6 is 0 Å². The predicted molar refractivity (Wildman–Crippen MR) is 88.6 cm³/mol. The minimum absolute atomic E-state index is 0.00942. The van der Waals surface area contributed by atoms with Crippen molar-refractivity contribution in [3.63, 3.8) is 0 Å². The lowest BCUT2D eigenvalue weighted by Gasteiger charge is -2.09. The molecule has 0 unspecified atom stereocenters. The van der Waals surface area contributed by atoms with Gasteiger partial charge < -0.3 is 15.6 Å². The Morgan fingerprint density at radius 2 is 2.17 bits per heavy atom. The average Bonchev–Trinajstić information content (AvgIpc) is 3.02. The first-order valence-corrected chi connectivity index (χ1v) is 8.00. The molecule has 1 atom stereocenters. The third-order valence-electron chi connectivity index (χ3n) is 3.57. The lowest BCUT2D eigenvalue weighted by Crippen LogP contribution is -2.26. The summed E-state index contributed by atoms with van der Waals surface area (Å²) < 4.78 is 5.27. The number of carbonyl (C=O) groups is 1. The Hall–Kier alpha value is -2.21. The van der Waals surface area contributed by atoms with Crippen LogP contribution in [0, 0.1) is 6.92 Å². The van der Waals surface area contributed by atoms with Crippen LogP contribution in [-0.4, -0.2) is 22.6 Å². The van der Waals surface area contributed by atoms with Crippen molar-refractivity contribution in [1.82, 2.24) is 15.5 Å². The molecule has 0 saturated heterocycles. The van der Waals surface area contributed by atoms with Crippen LogP contribution < -0.4 is 11.1 Å². The number of nitrogens with two attached hydrogens (primary N) is 1. The first kappa shape index (κ1) is 17.1. The number of carbonyl (C=O) groups excluding carboxylic acids is 1. The van der Waals surface area contributed by atoms with Crippen LogP contribution in [0.2, 0.25) is 0 Å². The number of rotatable bonds is 8. The predicted octanol–water partition coefficient (Wildman–Crippen LogP) is 2.74. The number of unbranched alkanes of at least 4 members (excludes halogenated alkanes) is 2. The molecule has 1 aromatic carbocycles. The van der Waals surface area contributed by atoms with Crippen molar-refractivity contribution in [3.05, 3.63) is 35.7 Å². The van der Waals surface area contributed by atoms with E-state index in [1.165, 1.54) is 0 Å². The molecule has 1 aromatic heterocycles. The van der Waals surface area contributed by atoms with Gasteiger partial charge in [0.15, 0.2) is 0 Å². The van der Waals surface area contributed by atoms with Crippen molar-refractivity contribution in [3.8, 4) is 11.4 Å². The van der Waals surface area contributed by atoms with Crippen molar-refractivity contribution in [1.29, 1.82) is 0 Å². The summed E-state index contributed by atoms with van der Waals surface area (Å²) in [7, 11) is 0. The molecule has 6 nitrogen and oxygen atoms in total. The summed E-state index contributed by atoms with van der Waals surface area (Å²) in [5.74, 6) is 0.939. The average molecular weight is 316 g/mol. The highest BCUT2D eigenvalue weighted by atomic mass is 16.5. The van der Waals surface area contributed by atoms with Crippen LogP contribution in [0.25, 0.3) is 11.4 Å². The first-order valence-electron chi connectivity index (χ1n) is 8.00. The molecule has 3 N–H and O–H groups in total. The Bertz CT molecular complexity index is 639. The Balaban J connectivity index is 1.91. The molecule has 124 valence electrons. The maximum atomic E-state index is 11.9. The van der Waals surface area contributed by atoms with E-state index in [2.05, 4.69) is 15.5 Å². The van der Waals surface area contributed by atoms with Gasteiger partial charge in [0.1, 0.15) is 6.04 Å². The van der Waals surface area contributed by atoms with E-state index in [1.807, 2.05) is 38.1 Å². The van der Waals surface area contributed by atoms with Gasteiger partial charge in [0.25, 0.3) is 0 Å². The molecular weight excluding hydrogens is 292 g/mol. The molecule has 0 aliphatic rings. The molecule has 0 saturated carbocycles. The molecule has 0 aliphatic carbocycles. The lowest BCUT2D eigenvalue weighted by atomic mass is 10.1. The number of nitrogens with zero attached hydrogens (tertiary/aromatic N) is 2. The molecule has 0 bridgehead atoms. The molecule has 0 spiro atoms. The highest BCUT2D eigenvalue weighted by Crippen LogP contribution is 2.19. The Morgan fingerprint density at radius 1 is 1.35 bits per heavy atom. The summed E-state index contributed by atoms with van der Waals surface area (Å²) in [6.07, 6.45) is 3.25. The van der Waals surface area contributed by atoms with Crippen molar-refractivity contribution in [2.24, 2.45) is 5.73 Å². The summed E-state index contributed by atoms with van der Waals surface area (Å²) in [5.41, 5.74) is 7.47. The van der Waals surface area contributed by atoms with Gasteiger partial charge in [0, 0.05) is 12.0 Å². The second-order valence-corrected chi connectivity index (χ2v) is 5.71. The van der Waals surface area contributed by atoms with Gasteiger partial charge in [-0.15, -0.1) is 0 Å². The van der Waals surface area contributed by atoms with Crippen LogP contribution in [0.5, 0.6) is 0 Å². The monoisotopic (exact) mass is 316 g/mol. The highest BCUT2D eigenvalue weighted by Gasteiger charge is 2.17. The van der Waals surface area contributed by atoms with E-state index < -0.39 is 0 Å². The van der Waals surface area contributed by atoms with Gasteiger partial charge in [-0.25, -0.2) is 0 Å². The Morgan fingerprint density at radius 3 is 2.91 bits per heavy atom. The number of hydrogen-bond donors (Lipinski definition) is 2. The number of aromatic nitrogens is 2. The molecule has 0 aliphatic heterocycles. The zero-order valence-corrected chi connectivity index (χ0v) is 13.7. The van der Waals surface area contributed by atoms with Crippen molar-refractivity contribution in [2.45, 2.75) is 45.6 Å². The highest BCUT2D eigenvalue weighted by molar-refractivity contribution is 5.76. The summed E-state index contributed by atoms with van der Waals surface area (Å²) in [5, 5.41) is 6.87. The van der Waals surface area contributed by atoms with Gasteiger partial charge >= 0.3 is 0 Å². The van der Waals surface area contributed by atoms with Gasteiger partial charge in [0.05, 0.1) is 0 Å². The molecule has 1 amide bonds. The number of nitrogens with one attached hydrogen (secondary N) is 1. The van der Waals surface area contributed by atoms with Gasteiger partial charge in [-0.3, -0.25) is 4.79 Å². The fraction of sp³-hybridized carbons (Fsp3) is 0.471. The first-order chi connectivity index (χ1) is 11.1. The minimum atomic E-state index is -0.303. The fourth-order valence-electron chi connectivity index (χ4n) is 2.29. The van der Waals surface area contributed by atoms with Gasteiger partial charge in [-0.05, 0) is 39.3 Å². The van der Waals surface area contributed by atoms with Crippen LogP contribution in [0.15, 0.2) is 28.8 Å². The van der Waals surface area contributed by atoms with E-state index in [9.17, 15) is 4.79 Å². The van der Waals surface area contributed by atoms with Crippen molar-refractivity contribution >= 4 is 5.91 Å². The zero-order chi connectivity index (χ0) is 16.7. The van der Waals surface area contributed by atoms with E-state index in [-0.39, 0.29) is 11.9 Å². The smallest absolute Gasteiger partial charge is 0.249 e. The third-order valence-corrected chi connectivity index (χ3v) is 3.57. The van der Waals surface area contributed by atoms with E-state index in [0.717, 1.165) is 30.4 Å². The third kappa shape index (κ3) is 5.17. The SMILES string of the molecule is Cc1cccc(-c2noc([C@H](C)NC(=O)CCCCCN)n2)c1. The van der Waals surface area contributed by atoms with E-state index in [0.29, 0.717) is 24.7 Å². The van der Waals surface area contributed by atoms with Crippen molar-refractivity contribution < 1.29 is 9.32 Å². The van der Waals surface area contributed by atoms with Gasteiger partial charge in [0.2, 0.25) is 17.6 Å². The quantitative estimate of drug-likeness (QED) is 0.730. The van der Waals surface area contributed by atoms with Crippen LogP contribution in [0.4, 0.5) is 0 Å². The minimum Gasteiger partial charge on any atom is -0.345 e. The fourth-order valence-corrected chi connectivity index (χ4v) is 2.29. The van der Waals surface area contributed by atoms with Gasteiger partial charge in [-0.2, -0.15) is 4.98 Å². The maximum absolute atomic E-state index is 11.9. The number of benzene rings is 1. The molecule has 2 rings (SSSR count). The van der Waals surface area contributed by atoms with E-state index in [1.54, 1.807) is 0 Å². The lowest BCUT2D eigenvalue weighted by molar-refractivity contribution is -0.122. The molecule has 1 heterocycles. The zero-order valence-electron chi connectivity index (χ0n) is 13.7. The summed E-state index contributed by atoms with van der Waals surface area (Å²) in [4.78, 5) is 16.3. The topological polar surface area (TPSA) is 94.0 Å². The standard InChI is InChI=1S/C17H24N4O2/c1-12-7-6-8-14(11-12)16-20-17(23-21-16)13(2)19-15(22)9-4-3-5-10-18/h6-8,11,13H,3-5,9-10,18H2,1-2H3,(H,19,22)/t13-/m0/s1. The molecule has 0 fully saturated rings. The maximum Gasteiger partial charge on any atom is 0.249 e. The summed E-state index contributed by atoms with van der Waals surface area (Å²) in [6, 6.07) is 7.59. The summed E-state index contributed by atoms with van der Waals surface area (Å²) >= 11 is 0. The normalized spacial score (nSPS) is 12.1. The largest absolute Gasteiger partial charge is 0.345 e.